The topological polar surface area (TPSA) is 66.0 Å². The van der Waals surface area contributed by atoms with Gasteiger partial charge in [0.15, 0.2) is 0 Å². The van der Waals surface area contributed by atoms with Gasteiger partial charge in [-0.25, -0.2) is 0 Å². The number of pyridine rings is 1. The first kappa shape index (κ1) is 20.1. The maximum Gasteiger partial charge on any atom is 0.278 e. The molecule has 0 N–H and O–H groups in total. The summed E-state index contributed by atoms with van der Waals surface area (Å²) in [6, 6.07) is 12.8. The van der Waals surface area contributed by atoms with Gasteiger partial charge in [0.1, 0.15) is 11.4 Å². The van der Waals surface area contributed by atoms with Crippen molar-refractivity contribution in [3.05, 3.63) is 65.6 Å². The van der Waals surface area contributed by atoms with Crippen LogP contribution >= 0.6 is 0 Å². The molecule has 156 valence electrons. The lowest BCUT2D eigenvalue weighted by Crippen LogP contribution is -2.47. The fraction of sp³-hybridized carbons (Fsp3) is 0.348. The lowest BCUT2D eigenvalue weighted by Gasteiger charge is -2.36. The van der Waals surface area contributed by atoms with E-state index in [1.807, 2.05) is 42.5 Å². The normalized spacial score (nSPS) is 17.8. The summed E-state index contributed by atoms with van der Waals surface area (Å²) in [4.78, 5) is 36.8. The second kappa shape index (κ2) is 8.67. The summed E-state index contributed by atoms with van der Waals surface area (Å²) < 4.78 is 5.24. The lowest BCUT2D eigenvalue weighted by molar-refractivity contribution is -0.138. The van der Waals surface area contributed by atoms with Crippen LogP contribution in [0.5, 0.6) is 5.75 Å². The molecule has 4 rings (SSSR count). The highest BCUT2D eigenvalue weighted by molar-refractivity contribution is 6.35. The highest BCUT2D eigenvalue weighted by atomic mass is 16.5. The number of hydrogen-bond donors (Lipinski definition) is 0. The monoisotopic (exact) mass is 406 g/mol. The van der Waals surface area contributed by atoms with Crippen molar-refractivity contribution in [3.63, 3.8) is 0 Å². The minimum atomic E-state index is -0.274. The molecule has 0 aliphatic carbocycles. The van der Waals surface area contributed by atoms with Gasteiger partial charge in [-0.2, -0.15) is 0 Å². The van der Waals surface area contributed by atoms with E-state index in [9.17, 15) is 9.59 Å². The summed E-state index contributed by atoms with van der Waals surface area (Å²) in [7, 11) is 1.60. The Kier molecular flexibility index (Phi) is 5.81. The van der Waals surface area contributed by atoms with Crippen LogP contribution in [-0.4, -0.2) is 71.3 Å². The van der Waals surface area contributed by atoms with Gasteiger partial charge in [-0.1, -0.05) is 25.1 Å². The zero-order chi connectivity index (χ0) is 21.1. The maximum atomic E-state index is 13.4. The Hall–Kier alpha value is -3.19. The second-order valence-corrected chi connectivity index (χ2v) is 7.39. The predicted molar refractivity (Wildman–Crippen MR) is 113 cm³/mol. The van der Waals surface area contributed by atoms with Gasteiger partial charge in [0, 0.05) is 32.4 Å². The first-order valence-electron chi connectivity index (χ1n) is 10.2. The predicted octanol–water partition coefficient (Wildman–Crippen LogP) is 2.01. The van der Waals surface area contributed by atoms with E-state index < -0.39 is 0 Å². The number of imide groups is 1. The number of likely N-dealkylation sites (N-methyl/N-ethyl adjacent to an activating group) is 1. The molecule has 0 saturated carbocycles. The molecule has 7 nitrogen and oxygen atoms in total. The molecule has 2 aliphatic heterocycles. The van der Waals surface area contributed by atoms with Crippen molar-refractivity contribution >= 4 is 17.4 Å². The highest BCUT2D eigenvalue weighted by Crippen LogP contribution is 2.33. The van der Waals surface area contributed by atoms with Crippen LogP contribution in [0.3, 0.4) is 0 Å². The Balaban J connectivity index is 1.70. The van der Waals surface area contributed by atoms with Crippen LogP contribution in [-0.2, 0) is 16.1 Å². The Morgan fingerprint density at radius 2 is 1.70 bits per heavy atom. The quantitative estimate of drug-likeness (QED) is 0.684. The fourth-order valence-electron chi connectivity index (χ4n) is 3.96. The van der Waals surface area contributed by atoms with Gasteiger partial charge < -0.3 is 14.5 Å². The lowest BCUT2D eigenvalue weighted by atomic mass is 10.0. The summed E-state index contributed by atoms with van der Waals surface area (Å²) in [5.41, 5.74) is 2.37. The molecule has 2 aromatic rings. The first-order valence-corrected chi connectivity index (χ1v) is 10.2. The van der Waals surface area contributed by atoms with Crippen LogP contribution in [0.15, 0.2) is 54.4 Å². The average Bonchev–Trinajstić information content (AvgIpc) is 3.04. The SMILES string of the molecule is CCN1CCN(C2=C(c3ccc(OC)cc3)C(=O)N(Cc3ccccn3)C2=O)CC1. The number of ether oxygens (including phenoxy) is 1. The maximum absolute atomic E-state index is 13.4. The smallest absolute Gasteiger partial charge is 0.278 e. The van der Waals surface area contributed by atoms with E-state index in [2.05, 4.69) is 21.7 Å². The van der Waals surface area contributed by atoms with Gasteiger partial charge in [-0.15, -0.1) is 0 Å². The third-order valence-electron chi connectivity index (χ3n) is 5.70. The molecule has 0 radical (unpaired) electrons. The van der Waals surface area contributed by atoms with Gasteiger partial charge in [-0.05, 0) is 36.4 Å². The Morgan fingerprint density at radius 1 is 0.967 bits per heavy atom. The Bertz CT molecular complexity index is 948. The third-order valence-corrected chi connectivity index (χ3v) is 5.70. The molecule has 30 heavy (non-hydrogen) atoms. The number of methoxy groups -OCH3 is 1. The summed E-state index contributed by atoms with van der Waals surface area (Å²) in [5.74, 6) is 0.185. The number of rotatable bonds is 6. The molecule has 0 atom stereocenters. The van der Waals surface area contributed by atoms with E-state index in [4.69, 9.17) is 4.74 Å². The first-order chi connectivity index (χ1) is 14.6. The fourth-order valence-corrected chi connectivity index (χ4v) is 3.96. The largest absolute Gasteiger partial charge is 0.497 e. The Morgan fingerprint density at radius 3 is 2.30 bits per heavy atom. The van der Waals surface area contributed by atoms with Crippen molar-refractivity contribution in [3.8, 4) is 5.75 Å². The van der Waals surface area contributed by atoms with E-state index in [0.717, 1.165) is 38.3 Å². The van der Waals surface area contributed by atoms with E-state index in [1.165, 1.54) is 4.90 Å². The number of piperazine rings is 1. The van der Waals surface area contributed by atoms with Crippen LogP contribution in [0.1, 0.15) is 18.2 Å². The highest BCUT2D eigenvalue weighted by Gasteiger charge is 2.42. The number of carbonyl (C=O) groups is 2. The van der Waals surface area contributed by atoms with Gasteiger partial charge >= 0.3 is 0 Å². The average molecular weight is 406 g/mol. The van der Waals surface area contributed by atoms with E-state index in [-0.39, 0.29) is 18.4 Å². The van der Waals surface area contributed by atoms with Crippen LogP contribution < -0.4 is 4.74 Å². The van der Waals surface area contributed by atoms with Gasteiger partial charge in [0.25, 0.3) is 11.8 Å². The second-order valence-electron chi connectivity index (χ2n) is 7.39. The number of aromatic nitrogens is 1. The number of benzene rings is 1. The third kappa shape index (κ3) is 3.80. The van der Waals surface area contributed by atoms with E-state index in [1.54, 1.807) is 13.3 Å². The molecule has 2 aliphatic rings. The Labute approximate surface area is 176 Å². The standard InChI is InChI=1S/C23H26N4O3/c1-3-25-12-14-26(15-13-25)21-20(17-7-9-19(30-2)10-8-17)22(28)27(23(21)29)16-18-6-4-5-11-24-18/h4-11H,3,12-16H2,1-2H3. The summed E-state index contributed by atoms with van der Waals surface area (Å²) in [5, 5.41) is 0. The van der Waals surface area contributed by atoms with Gasteiger partial charge in [-0.3, -0.25) is 19.5 Å². The minimum absolute atomic E-state index is 0.163. The van der Waals surface area contributed by atoms with Crippen molar-refractivity contribution in [2.75, 3.05) is 39.8 Å². The minimum Gasteiger partial charge on any atom is -0.497 e. The van der Waals surface area contributed by atoms with Crippen LogP contribution in [0.2, 0.25) is 0 Å². The van der Waals surface area contributed by atoms with Gasteiger partial charge in [0.2, 0.25) is 0 Å². The molecular weight excluding hydrogens is 380 g/mol. The van der Waals surface area contributed by atoms with Crippen LogP contribution in [0.25, 0.3) is 5.57 Å². The van der Waals surface area contributed by atoms with Crippen LogP contribution in [0.4, 0.5) is 0 Å². The molecular formula is C23H26N4O3. The zero-order valence-electron chi connectivity index (χ0n) is 17.4. The molecule has 3 heterocycles. The summed E-state index contributed by atoms with van der Waals surface area (Å²) >= 11 is 0. The number of hydrogen-bond acceptors (Lipinski definition) is 6. The molecule has 1 aromatic carbocycles. The molecule has 1 aromatic heterocycles. The molecule has 1 saturated heterocycles. The summed E-state index contributed by atoms with van der Waals surface area (Å²) in [6.45, 7) is 6.47. The van der Waals surface area contributed by atoms with Crippen molar-refractivity contribution in [2.24, 2.45) is 0 Å². The zero-order valence-corrected chi connectivity index (χ0v) is 17.4. The van der Waals surface area contributed by atoms with E-state index >= 15 is 0 Å². The summed E-state index contributed by atoms with van der Waals surface area (Å²) in [6.07, 6.45) is 1.67. The van der Waals surface area contributed by atoms with E-state index in [0.29, 0.717) is 22.7 Å². The molecule has 0 bridgehead atoms. The van der Waals surface area contributed by atoms with Crippen molar-refractivity contribution in [1.82, 2.24) is 19.7 Å². The van der Waals surface area contributed by atoms with Crippen molar-refractivity contribution < 1.29 is 14.3 Å². The molecule has 0 spiro atoms. The number of nitrogens with zero attached hydrogens (tertiary/aromatic N) is 4. The number of amides is 2. The van der Waals surface area contributed by atoms with Crippen molar-refractivity contribution in [2.45, 2.75) is 13.5 Å². The van der Waals surface area contributed by atoms with Gasteiger partial charge in [0.05, 0.1) is 24.9 Å². The van der Waals surface area contributed by atoms with Crippen molar-refractivity contribution in [1.29, 1.82) is 0 Å². The van der Waals surface area contributed by atoms with Crippen LogP contribution in [0, 0.1) is 0 Å². The molecule has 7 heteroatoms. The number of carbonyl (C=O) groups excluding carboxylic acids is 2. The molecule has 2 amide bonds. The molecule has 0 unspecified atom stereocenters. The molecule has 1 fully saturated rings.